The number of aliphatic carboxylic acids is 1. The van der Waals surface area contributed by atoms with Gasteiger partial charge in [-0.05, 0) is 31.0 Å². The van der Waals surface area contributed by atoms with Gasteiger partial charge in [0, 0.05) is 6.42 Å². The lowest BCUT2D eigenvalue weighted by atomic mass is 9.83. The van der Waals surface area contributed by atoms with Crippen molar-refractivity contribution in [1.82, 2.24) is 5.32 Å². The molecule has 0 aliphatic rings. The van der Waals surface area contributed by atoms with E-state index in [0.717, 1.165) is 5.56 Å². The number of para-hydroxylation sites is 1. The van der Waals surface area contributed by atoms with Gasteiger partial charge in [0.1, 0.15) is 11.8 Å². The molecule has 0 saturated carbocycles. The third-order valence-electron chi connectivity index (χ3n) is 4.08. The number of carbonyl (C=O) groups is 2. The quantitative estimate of drug-likeness (QED) is 0.761. The lowest BCUT2D eigenvalue weighted by molar-refractivity contribution is -0.142. The van der Waals surface area contributed by atoms with Crippen LogP contribution in [0.5, 0.6) is 5.75 Å². The molecule has 1 amide bonds. The van der Waals surface area contributed by atoms with Crippen LogP contribution in [0.15, 0.2) is 54.6 Å². The Hall–Kier alpha value is -2.82. The van der Waals surface area contributed by atoms with Crippen LogP contribution in [0.2, 0.25) is 0 Å². The summed E-state index contributed by atoms with van der Waals surface area (Å²) in [4.78, 5) is 24.1. The molecule has 0 saturated heterocycles. The van der Waals surface area contributed by atoms with Crippen molar-refractivity contribution in [2.45, 2.75) is 31.7 Å². The van der Waals surface area contributed by atoms with Crippen LogP contribution in [0.25, 0.3) is 0 Å². The summed E-state index contributed by atoms with van der Waals surface area (Å²) in [7, 11) is 0. The van der Waals surface area contributed by atoms with E-state index in [2.05, 4.69) is 5.32 Å². The van der Waals surface area contributed by atoms with E-state index >= 15 is 0 Å². The largest absolute Gasteiger partial charge is 0.508 e. The van der Waals surface area contributed by atoms with E-state index in [1.807, 2.05) is 30.3 Å². The summed E-state index contributed by atoms with van der Waals surface area (Å²) in [6.45, 7) is 3.49. The minimum Gasteiger partial charge on any atom is -0.508 e. The number of carboxylic acids is 1. The highest BCUT2D eigenvalue weighted by molar-refractivity contribution is 5.91. The Morgan fingerprint density at radius 3 is 2.21 bits per heavy atom. The van der Waals surface area contributed by atoms with E-state index in [9.17, 15) is 19.8 Å². The van der Waals surface area contributed by atoms with Gasteiger partial charge in [0.25, 0.3) is 0 Å². The molecule has 0 bridgehead atoms. The van der Waals surface area contributed by atoms with Crippen LogP contribution in [0.4, 0.5) is 0 Å². The van der Waals surface area contributed by atoms with Gasteiger partial charge in [-0.1, -0.05) is 48.5 Å². The second-order valence-corrected chi connectivity index (χ2v) is 6.19. The fourth-order valence-electron chi connectivity index (χ4n) is 2.43. The molecule has 0 aliphatic carbocycles. The van der Waals surface area contributed by atoms with Gasteiger partial charge in [-0.3, -0.25) is 4.79 Å². The fourth-order valence-corrected chi connectivity index (χ4v) is 2.43. The molecule has 1 atom stereocenters. The first-order valence-corrected chi connectivity index (χ1v) is 7.68. The van der Waals surface area contributed by atoms with Crippen molar-refractivity contribution >= 4 is 11.9 Å². The predicted molar refractivity (Wildman–Crippen MR) is 90.8 cm³/mol. The van der Waals surface area contributed by atoms with Crippen molar-refractivity contribution in [3.8, 4) is 5.75 Å². The maximum absolute atomic E-state index is 12.6. The number of hydrogen-bond acceptors (Lipinski definition) is 3. The summed E-state index contributed by atoms with van der Waals surface area (Å²) in [5.41, 5.74) is 0.408. The second kappa shape index (κ2) is 7.17. The van der Waals surface area contributed by atoms with Crippen molar-refractivity contribution in [1.29, 1.82) is 0 Å². The van der Waals surface area contributed by atoms with Crippen molar-refractivity contribution in [3.05, 3.63) is 65.7 Å². The molecule has 5 heteroatoms. The number of phenols is 1. The topological polar surface area (TPSA) is 86.6 Å². The first-order valence-electron chi connectivity index (χ1n) is 7.68. The molecule has 1 unspecified atom stereocenters. The minimum absolute atomic E-state index is 0.0125. The van der Waals surface area contributed by atoms with Gasteiger partial charge in [-0.15, -0.1) is 0 Å². The molecule has 5 nitrogen and oxygen atoms in total. The maximum Gasteiger partial charge on any atom is 0.326 e. The smallest absolute Gasteiger partial charge is 0.326 e. The van der Waals surface area contributed by atoms with Crippen LogP contribution >= 0.6 is 0 Å². The highest BCUT2D eigenvalue weighted by Gasteiger charge is 2.33. The molecular formula is C19H21NO4. The molecule has 0 fully saturated rings. The molecular weight excluding hydrogens is 306 g/mol. The first kappa shape index (κ1) is 17.5. The number of aromatic hydroxyl groups is 1. The number of carboxylic acid groups (broad SMARTS) is 1. The summed E-state index contributed by atoms with van der Waals surface area (Å²) < 4.78 is 0. The fraction of sp³-hybridized carbons (Fsp3) is 0.263. The average Bonchev–Trinajstić information content (AvgIpc) is 2.56. The van der Waals surface area contributed by atoms with Gasteiger partial charge in [0.05, 0.1) is 5.41 Å². The number of rotatable bonds is 6. The minimum atomic E-state index is -1.14. The summed E-state index contributed by atoms with van der Waals surface area (Å²) in [5, 5.41) is 21.8. The SMILES string of the molecule is CC(C)(C(=O)NC(Cc1ccccc1O)C(=O)O)c1ccccc1. The number of nitrogens with one attached hydrogen (secondary N) is 1. The molecule has 0 aliphatic heterocycles. The van der Waals surface area contributed by atoms with E-state index in [-0.39, 0.29) is 18.1 Å². The zero-order valence-electron chi connectivity index (χ0n) is 13.7. The van der Waals surface area contributed by atoms with Crippen LogP contribution in [0, 0.1) is 0 Å². The molecule has 0 spiro atoms. The van der Waals surface area contributed by atoms with Gasteiger partial charge in [0.15, 0.2) is 0 Å². The van der Waals surface area contributed by atoms with Gasteiger partial charge < -0.3 is 15.5 Å². The Morgan fingerprint density at radius 1 is 1.04 bits per heavy atom. The highest BCUT2D eigenvalue weighted by Crippen LogP contribution is 2.24. The first-order chi connectivity index (χ1) is 11.3. The molecule has 2 aromatic rings. The Balaban J connectivity index is 2.17. The summed E-state index contributed by atoms with van der Waals surface area (Å²) in [6, 6.07) is 14.6. The zero-order valence-corrected chi connectivity index (χ0v) is 13.7. The van der Waals surface area contributed by atoms with Crippen molar-refractivity contribution < 1.29 is 19.8 Å². The summed E-state index contributed by atoms with van der Waals surface area (Å²) >= 11 is 0. The molecule has 0 radical (unpaired) electrons. The van der Waals surface area contributed by atoms with Crippen molar-refractivity contribution in [3.63, 3.8) is 0 Å². The van der Waals surface area contributed by atoms with Gasteiger partial charge in [-0.2, -0.15) is 0 Å². The van der Waals surface area contributed by atoms with E-state index in [4.69, 9.17) is 0 Å². The Bertz CT molecular complexity index is 725. The predicted octanol–water partition coefficient (Wildman–Crippen LogP) is 2.48. The average molecular weight is 327 g/mol. The summed E-state index contributed by atoms with van der Waals surface area (Å²) in [6.07, 6.45) is 0.0125. The lowest BCUT2D eigenvalue weighted by Gasteiger charge is -2.26. The number of benzene rings is 2. The third kappa shape index (κ3) is 3.93. The van der Waals surface area contributed by atoms with E-state index < -0.39 is 17.4 Å². The van der Waals surface area contributed by atoms with E-state index in [1.54, 1.807) is 32.0 Å². The number of carbonyl (C=O) groups excluding carboxylic acids is 1. The van der Waals surface area contributed by atoms with Gasteiger partial charge >= 0.3 is 5.97 Å². The van der Waals surface area contributed by atoms with Crippen molar-refractivity contribution in [2.75, 3.05) is 0 Å². The number of amides is 1. The summed E-state index contributed by atoms with van der Waals surface area (Å²) in [5.74, 6) is -1.51. The Kier molecular flexibility index (Phi) is 5.24. The van der Waals surface area contributed by atoms with Gasteiger partial charge in [-0.25, -0.2) is 4.79 Å². The highest BCUT2D eigenvalue weighted by atomic mass is 16.4. The van der Waals surface area contributed by atoms with E-state index in [0.29, 0.717) is 5.56 Å². The standard InChI is InChI=1S/C19H21NO4/c1-19(2,14-9-4-3-5-10-14)18(24)20-15(17(22)23)12-13-8-6-7-11-16(13)21/h3-11,15,21H,12H2,1-2H3,(H,20,24)(H,22,23). The van der Waals surface area contributed by atoms with Gasteiger partial charge in [0.2, 0.25) is 5.91 Å². The van der Waals surface area contributed by atoms with Crippen LogP contribution in [0.1, 0.15) is 25.0 Å². The number of hydrogen-bond donors (Lipinski definition) is 3. The molecule has 0 heterocycles. The second-order valence-electron chi connectivity index (χ2n) is 6.19. The van der Waals surface area contributed by atoms with Crippen molar-refractivity contribution in [2.24, 2.45) is 0 Å². The molecule has 24 heavy (non-hydrogen) atoms. The lowest BCUT2D eigenvalue weighted by Crippen LogP contribution is -2.49. The Labute approximate surface area is 141 Å². The maximum atomic E-state index is 12.6. The van der Waals surface area contributed by atoms with Crippen LogP contribution in [-0.2, 0) is 21.4 Å². The zero-order chi connectivity index (χ0) is 17.7. The molecule has 3 N–H and O–H groups in total. The molecule has 2 rings (SSSR count). The third-order valence-corrected chi connectivity index (χ3v) is 4.08. The Morgan fingerprint density at radius 2 is 1.62 bits per heavy atom. The van der Waals surface area contributed by atoms with Crippen LogP contribution < -0.4 is 5.32 Å². The number of phenolic OH excluding ortho intramolecular Hbond substituents is 1. The molecule has 0 aromatic heterocycles. The molecule has 2 aromatic carbocycles. The van der Waals surface area contributed by atoms with Crippen LogP contribution in [-0.4, -0.2) is 28.1 Å². The molecule has 126 valence electrons. The van der Waals surface area contributed by atoms with Crippen LogP contribution in [0.3, 0.4) is 0 Å². The van der Waals surface area contributed by atoms with E-state index in [1.165, 1.54) is 6.07 Å². The normalized spacial score (nSPS) is 12.4. The monoisotopic (exact) mass is 327 g/mol.